The molecule has 4 fully saturated rings. The van der Waals surface area contributed by atoms with E-state index in [-0.39, 0.29) is 5.97 Å². The summed E-state index contributed by atoms with van der Waals surface area (Å²) in [4.78, 5) is 10.7. The van der Waals surface area contributed by atoms with E-state index in [2.05, 4.69) is 4.74 Å². The molecule has 0 atom stereocenters. The number of carbonyl (C=O) groups is 1. The van der Waals surface area contributed by atoms with E-state index >= 15 is 0 Å². The first-order valence-electron chi connectivity index (χ1n) is 8.54. The van der Waals surface area contributed by atoms with Gasteiger partial charge in [0.2, 0.25) is 0 Å². The summed E-state index contributed by atoms with van der Waals surface area (Å²) < 4.78 is 4.45. The Labute approximate surface area is 133 Å². The molecule has 0 amide bonds. The second-order valence-corrected chi connectivity index (χ2v) is 7.15. The van der Waals surface area contributed by atoms with Crippen molar-refractivity contribution in [3.63, 3.8) is 0 Å². The third kappa shape index (κ3) is 4.00. The molecule has 0 N–H and O–H groups in total. The Kier molecular flexibility index (Phi) is 4.97. The molecule has 0 unspecified atom stereocenters. The molecule has 0 aliphatic heterocycles. The number of benzene rings is 1. The van der Waals surface area contributed by atoms with Crippen molar-refractivity contribution in [2.24, 2.45) is 23.7 Å². The van der Waals surface area contributed by atoms with Crippen LogP contribution in [0.15, 0.2) is 36.4 Å². The van der Waals surface area contributed by atoms with Crippen LogP contribution in [0.5, 0.6) is 0 Å². The normalized spacial score (nSPS) is 31.7. The second-order valence-electron chi connectivity index (χ2n) is 7.15. The Morgan fingerprint density at radius 1 is 0.909 bits per heavy atom. The molecule has 5 rings (SSSR count). The largest absolute Gasteiger partial charge is 0.466 e. The zero-order chi connectivity index (χ0) is 15.4. The molecule has 0 spiro atoms. The molecule has 4 aliphatic carbocycles. The number of esters is 1. The highest BCUT2D eigenvalue weighted by molar-refractivity contribution is 5.86. The number of carbonyl (C=O) groups excluding carboxylic acids is 1. The average Bonchev–Trinajstić information content (AvgIpc) is 2.53. The summed E-state index contributed by atoms with van der Waals surface area (Å²) in [6.45, 7) is 0. The Morgan fingerprint density at radius 2 is 1.36 bits per heavy atom. The highest BCUT2D eigenvalue weighted by Gasteiger charge is 2.41. The van der Waals surface area contributed by atoms with E-state index in [9.17, 15) is 4.79 Å². The minimum Gasteiger partial charge on any atom is -0.466 e. The molecule has 4 saturated carbocycles. The van der Waals surface area contributed by atoms with Gasteiger partial charge in [-0.2, -0.15) is 0 Å². The summed E-state index contributed by atoms with van der Waals surface area (Å²) in [5.74, 6) is 4.37. The molecule has 0 saturated heterocycles. The first-order chi connectivity index (χ1) is 10.7. The summed E-state index contributed by atoms with van der Waals surface area (Å²) in [7, 11) is 1.36. The van der Waals surface area contributed by atoms with Gasteiger partial charge < -0.3 is 4.74 Å². The van der Waals surface area contributed by atoms with Crippen molar-refractivity contribution >= 4 is 12.0 Å². The molecule has 22 heavy (non-hydrogen) atoms. The first-order valence-corrected chi connectivity index (χ1v) is 8.54. The van der Waals surface area contributed by atoms with Crippen LogP contribution in [0.2, 0.25) is 0 Å². The van der Waals surface area contributed by atoms with Crippen LogP contribution in [0, 0.1) is 23.7 Å². The first kappa shape index (κ1) is 15.3. The van der Waals surface area contributed by atoms with Crippen LogP contribution in [-0.4, -0.2) is 13.1 Å². The Bertz CT molecular complexity index is 461. The van der Waals surface area contributed by atoms with Crippen LogP contribution >= 0.6 is 0 Å². The molecular weight excluding hydrogens is 272 g/mol. The van der Waals surface area contributed by atoms with Gasteiger partial charge in [-0.25, -0.2) is 4.79 Å². The van der Waals surface area contributed by atoms with Gasteiger partial charge in [0, 0.05) is 6.08 Å². The van der Waals surface area contributed by atoms with Crippen molar-refractivity contribution in [3.8, 4) is 0 Å². The van der Waals surface area contributed by atoms with E-state index in [1.54, 1.807) is 44.6 Å². The van der Waals surface area contributed by atoms with E-state index in [0.29, 0.717) is 0 Å². The molecule has 2 nitrogen and oxygen atoms in total. The van der Waals surface area contributed by atoms with E-state index in [1.807, 2.05) is 30.3 Å². The average molecular weight is 298 g/mol. The Morgan fingerprint density at radius 3 is 1.77 bits per heavy atom. The van der Waals surface area contributed by atoms with Gasteiger partial charge in [0.1, 0.15) is 0 Å². The standard InChI is InChI=1S/C10H10O2.C10H16/c1-12-10(11)8-7-9-5-3-2-4-6-9;1-7-2-9-4-8(1)5-10(3-7)6-9/h2-8H,1H3;7-10H,1-6H2. The van der Waals surface area contributed by atoms with Gasteiger partial charge in [0.15, 0.2) is 0 Å². The summed E-state index contributed by atoms with van der Waals surface area (Å²) >= 11 is 0. The quantitative estimate of drug-likeness (QED) is 0.584. The molecule has 1 aromatic rings. The highest BCUT2D eigenvalue weighted by Crippen LogP contribution is 2.53. The van der Waals surface area contributed by atoms with E-state index in [1.165, 1.54) is 36.9 Å². The Hall–Kier alpha value is -1.57. The second kappa shape index (κ2) is 7.13. The third-order valence-electron chi connectivity index (χ3n) is 5.41. The monoisotopic (exact) mass is 298 g/mol. The van der Waals surface area contributed by atoms with Crippen LogP contribution in [-0.2, 0) is 9.53 Å². The molecule has 1 aromatic carbocycles. The highest BCUT2D eigenvalue weighted by atomic mass is 16.5. The van der Waals surface area contributed by atoms with Crippen LogP contribution in [0.3, 0.4) is 0 Å². The van der Waals surface area contributed by atoms with Crippen molar-refractivity contribution in [2.45, 2.75) is 38.5 Å². The minimum absolute atomic E-state index is 0.334. The van der Waals surface area contributed by atoms with Gasteiger partial charge in [-0.05, 0) is 73.8 Å². The lowest BCUT2D eigenvalue weighted by Crippen LogP contribution is -2.38. The van der Waals surface area contributed by atoms with Crippen LogP contribution in [0.25, 0.3) is 6.08 Å². The molecular formula is C20H26O2. The minimum atomic E-state index is -0.334. The van der Waals surface area contributed by atoms with Crippen molar-refractivity contribution in [2.75, 3.05) is 7.11 Å². The van der Waals surface area contributed by atoms with Crippen molar-refractivity contribution < 1.29 is 9.53 Å². The van der Waals surface area contributed by atoms with Crippen LogP contribution in [0.1, 0.15) is 44.1 Å². The van der Waals surface area contributed by atoms with Gasteiger partial charge in [0.05, 0.1) is 7.11 Å². The van der Waals surface area contributed by atoms with E-state index in [0.717, 1.165) is 5.56 Å². The van der Waals surface area contributed by atoms with Gasteiger partial charge in [-0.3, -0.25) is 0 Å². The molecule has 0 aromatic heterocycles. The van der Waals surface area contributed by atoms with Crippen LogP contribution in [0.4, 0.5) is 0 Å². The maximum absolute atomic E-state index is 10.7. The lowest BCUT2D eigenvalue weighted by molar-refractivity contribution is -0.134. The Balaban J connectivity index is 0.000000132. The van der Waals surface area contributed by atoms with Crippen LogP contribution < -0.4 is 0 Å². The molecule has 118 valence electrons. The van der Waals surface area contributed by atoms with E-state index in [4.69, 9.17) is 0 Å². The van der Waals surface area contributed by atoms with E-state index < -0.39 is 0 Å². The zero-order valence-electron chi connectivity index (χ0n) is 13.4. The van der Waals surface area contributed by atoms with Crippen molar-refractivity contribution in [1.29, 1.82) is 0 Å². The predicted octanol–water partition coefficient (Wildman–Crippen LogP) is 4.71. The maximum atomic E-state index is 10.7. The summed E-state index contributed by atoms with van der Waals surface area (Å²) in [6, 6.07) is 9.59. The van der Waals surface area contributed by atoms with Gasteiger partial charge in [-0.1, -0.05) is 30.3 Å². The molecule has 2 heteroatoms. The lowest BCUT2D eigenvalue weighted by Gasteiger charge is -2.49. The number of ether oxygens (including phenoxy) is 1. The third-order valence-corrected chi connectivity index (χ3v) is 5.41. The fourth-order valence-corrected chi connectivity index (χ4v) is 4.78. The van der Waals surface area contributed by atoms with Gasteiger partial charge in [-0.15, -0.1) is 0 Å². The summed E-state index contributed by atoms with van der Waals surface area (Å²) in [5, 5.41) is 0. The SMILES string of the molecule is C1C2CC3CC1CC(C2)C3.COC(=O)C=Cc1ccccc1. The number of hydrogen-bond acceptors (Lipinski definition) is 2. The van der Waals surface area contributed by atoms with Crippen molar-refractivity contribution in [1.82, 2.24) is 0 Å². The van der Waals surface area contributed by atoms with Gasteiger partial charge >= 0.3 is 5.97 Å². The number of hydrogen-bond donors (Lipinski definition) is 0. The zero-order valence-corrected chi connectivity index (χ0v) is 13.4. The smallest absolute Gasteiger partial charge is 0.330 e. The number of methoxy groups -OCH3 is 1. The molecule has 4 aliphatic rings. The lowest BCUT2D eigenvalue weighted by atomic mass is 9.56. The van der Waals surface area contributed by atoms with Gasteiger partial charge in [0.25, 0.3) is 0 Å². The maximum Gasteiger partial charge on any atom is 0.330 e. The predicted molar refractivity (Wildman–Crippen MR) is 89.2 cm³/mol. The molecule has 0 heterocycles. The fraction of sp³-hybridized carbons (Fsp3) is 0.550. The summed E-state index contributed by atoms with van der Waals surface area (Å²) in [6.07, 6.45) is 12.7. The molecule has 4 bridgehead atoms. The van der Waals surface area contributed by atoms with Crippen molar-refractivity contribution in [3.05, 3.63) is 42.0 Å². The number of rotatable bonds is 2. The molecule has 0 radical (unpaired) electrons. The fourth-order valence-electron chi connectivity index (χ4n) is 4.78. The summed E-state index contributed by atoms with van der Waals surface area (Å²) in [5.41, 5.74) is 0.989. The topological polar surface area (TPSA) is 26.3 Å².